The Morgan fingerprint density at radius 3 is 2.21 bits per heavy atom. The average Bonchev–Trinajstić information content (AvgIpc) is 2.32. The summed E-state index contributed by atoms with van der Waals surface area (Å²) in [6.45, 7) is 11.5. The second-order valence-electron chi connectivity index (χ2n) is 7.07. The number of benzene rings is 1. The zero-order valence-corrected chi connectivity index (χ0v) is 15.4. The highest BCUT2D eigenvalue weighted by Gasteiger charge is 2.39. The van der Waals surface area contributed by atoms with Crippen LogP contribution in [0.1, 0.15) is 44.7 Å². The molecular weight excluding hydrogens is 316 g/mol. The van der Waals surface area contributed by atoms with Gasteiger partial charge in [0, 0.05) is 4.47 Å². The molecule has 0 fully saturated rings. The van der Waals surface area contributed by atoms with Crippen molar-refractivity contribution < 1.29 is 4.43 Å². The molecule has 3 heteroatoms. The first-order valence-corrected chi connectivity index (χ1v) is 10.9. The van der Waals surface area contributed by atoms with Gasteiger partial charge in [-0.05, 0) is 67.1 Å². The quantitative estimate of drug-likeness (QED) is 0.626. The number of halogens is 1. The Morgan fingerprint density at radius 1 is 1.05 bits per heavy atom. The second kappa shape index (κ2) is 5.25. The molecule has 19 heavy (non-hydrogen) atoms. The molecule has 106 valence electrons. The zero-order valence-electron chi connectivity index (χ0n) is 12.8. The van der Waals surface area contributed by atoms with Crippen molar-refractivity contribution in [3.8, 4) is 5.75 Å². The van der Waals surface area contributed by atoms with E-state index in [9.17, 15) is 0 Å². The van der Waals surface area contributed by atoms with Crippen LogP contribution in [0.15, 0.2) is 16.6 Å². The van der Waals surface area contributed by atoms with Crippen LogP contribution in [0.25, 0.3) is 0 Å². The third kappa shape index (κ3) is 3.08. The summed E-state index contributed by atoms with van der Waals surface area (Å²) in [5.74, 6) is 1.14. The monoisotopic (exact) mass is 340 g/mol. The van der Waals surface area contributed by atoms with Crippen LogP contribution in [-0.2, 0) is 12.8 Å². The SMILES string of the molecule is CC(C)(C)[Si](C)(C)Oc1ccc(Br)c2c1CCCC2. The molecule has 1 nitrogen and oxygen atoms in total. The summed E-state index contributed by atoms with van der Waals surface area (Å²) in [6.07, 6.45) is 4.94. The fraction of sp³-hybridized carbons (Fsp3) is 0.625. The summed E-state index contributed by atoms with van der Waals surface area (Å²) in [7, 11) is -1.74. The normalized spacial score (nSPS) is 16.1. The van der Waals surface area contributed by atoms with Gasteiger partial charge >= 0.3 is 0 Å². The molecule has 1 aliphatic rings. The van der Waals surface area contributed by atoms with E-state index in [1.165, 1.54) is 41.3 Å². The van der Waals surface area contributed by atoms with Gasteiger partial charge in [0.15, 0.2) is 0 Å². The van der Waals surface area contributed by atoms with Crippen LogP contribution >= 0.6 is 15.9 Å². The number of rotatable bonds is 2. The molecule has 1 aliphatic carbocycles. The van der Waals surface area contributed by atoms with Crippen LogP contribution in [0.5, 0.6) is 5.75 Å². The van der Waals surface area contributed by atoms with Crippen molar-refractivity contribution in [3.05, 3.63) is 27.7 Å². The summed E-state index contributed by atoms with van der Waals surface area (Å²) < 4.78 is 7.79. The van der Waals surface area contributed by atoms with Gasteiger partial charge in [0.1, 0.15) is 5.75 Å². The largest absolute Gasteiger partial charge is 0.543 e. The summed E-state index contributed by atoms with van der Waals surface area (Å²) >= 11 is 3.69. The fourth-order valence-electron chi connectivity index (χ4n) is 2.31. The van der Waals surface area contributed by atoms with E-state index in [-0.39, 0.29) is 5.04 Å². The summed E-state index contributed by atoms with van der Waals surface area (Å²) in [6, 6.07) is 4.32. The molecule has 0 bridgehead atoms. The average molecular weight is 341 g/mol. The standard InChI is InChI=1S/C16H25BrOSi/c1-16(2,3)19(4,5)18-15-11-10-14(17)12-8-6-7-9-13(12)15/h10-11H,6-9H2,1-5H3. The predicted octanol–water partition coefficient (Wildman–Crippen LogP) is 5.71. The number of hydrogen-bond donors (Lipinski definition) is 0. The molecule has 0 saturated heterocycles. The summed E-state index contributed by atoms with van der Waals surface area (Å²) in [5.41, 5.74) is 2.92. The predicted molar refractivity (Wildman–Crippen MR) is 88.6 cm³/mol. The van der Waals surface area contributed by atoms with Gasteiger partial charge in [-0.25, -0.2) is 0 Å². The van der Waals surface area contributed by atoms with E-state index < -0.39 is 8.32 Å². The van der Waals surface area contributed by atoms with Crippen molar-refractivity contribution in [2.24, 2.45) is 0 Å². The lowest BCUT2D eigenvalue weighted by Crippen LogP contribution is -2.44. The molecule has 0 aliphatic heterocycles. The van der Waals surface area contributed by atoms with Crippen molar-refractivity contribution in [2.75, 3.05) is 0 Å². The van der Waals surface area contributed by atoms with Crippen LogP contribution in [-0.4, -0.2) is 8.32 Å². The van der Waals surface area contributed by atoms with Crippen LogP contribution in [0, 0.1) is 0 Å². The van der Waals surface area contributed by atoms with Crippen molar-refractivity contribution in [2.45, 2.75) is 64.6 Å². The lowest BCUT2D eigenvalue weighted by molar-refractivity contribution is 0.481. The highest BCUT2D eigenvalue weighted by molar-refractivity contribution is 9.10. The summed E-state index contributed by atoms with van der Waals surface area (Å²) in [5, 5.41) is 0.252. The molecular formula is C16H25BrOSi. The Kier molecular flexibility index (Phi) is 4.17. The highest BCUT2D eigenvalue weighted by Crippen LogP contribution is 2.41. The lowest BCUT2D eigenvalue weighted by atomic mass is 9.91. The minimum Gasteiger partial charge on any atom is -0.543 e. The minimum absolute atomic E-state index is 0.252. The first kappa shape index (κ1) is 15.1. The van der Waals surface area contributed by atoms with Gasteiger partial charge in [-0.15, -0.1) is 0 Å². The van der Waals surface area contributed by atoms with Gasteiger partial charge in [-0.1, -0.05) is 36.7 Å². The maximum Gasteiger partial charge on any atom is 0.250 e. The molecule has 0 radical (unpaired) electrons. The fourth-order valence-corrected chi connectivity index (χ4v) is 3.93. The van der Waals surface area contributed by atoms with Gasteiger partial charge in [0.05, 0.1) is 0 Å². The first-order valence-electron chi connectivity index (χ1n) is 7.22. The molecule has 0 amide bonds. The Morgan fingerprint density at radius 2 is 1.63 bits per heavy atom. The number of hydrogen-bond acceptors (Lipinski definition) is 1. The zero-order chi connectivity index (χ0) is 14.3. The maximum atomic E-state index is 6.54. The van der Waals surface area contributed by atoms with Crippen LogP contribution < -0.4 is 4.43 Å². The molecule has 0 N–H and O–H groups in total. The third-order valence-electron chi connectivity index (χ3n) is 4.61. The molecule has 0 aromatic heterocycles. The number of fused-ring (bicyclic) bond motifs is 1. The highest BCUT2D eigenvalue weighted by atomic mass is 79.9. The van der Waals surface area contributed by atoms with Crippen molar-refractivity contribution >= 4 is 24.2 Å². The van der Waals surface area contributed by atoms with Crippen molar-refractivity contribution in [1.82, 2.24) is 0 Å². The molecule has 1 aromatic rings. The van der Waals surface area contributed by atoms with Crippen molar-refractivity contribution in [1.29, 1.82) is 0 Å². The van der Waals surface area contributed by atoms with E-state index in [1.54, 1.807) is 0 Å². The molecule has 0 heterocycles. The Labute approximate surface area is 127 Å². The minimum atomic E-state index is -1.74. The molecule has 0 unspecified atom stereocenters. The van der Waals surface area contributed by atoms with E-state index in [2.05, 4.69) is 61.9 Å². The molecule has 0 saturated carbocycles. The Balaban J connectivity index is 2.37. The van der Waals surface area contributed by atoms with Gasteiger partial charge in [-0.2, -0.15) is 0 Å². The maximum absolute atomic E-state index is 6.54. The van der Waals surface area contributed by atoms with Gasteiger partial charge in [0.25, 0.3) is 0 Å². The lowest BCUT2D eigenvalue weighted by Gasteiger charge is -2.37. The van der Waals surface area contributed by atoms with Crippen LogP contribution in [0.3, 0.4) is 0 Å². The Hall–Kier alpha value is -0.283. The van der Waals surface area contributed by atoms with Gasteiger partial charge < -0.3 is 4.43 Å². The van der Waals surface area contributed by atoms with Gasteiger partial charge in [-0.3, -0.25) is 0 Å². The smallest absolute Gasteiger partial charge is 0.250 e. The third-order valence-corrected chi connectivity index (χ3v) is 9.69. The molecule has 0 spiro atoms. The van der Waals surface area contributed by atoms with E-state index in [0.29, 0.717) is 0 Å². The second-order valence-corrected chi connectivity index (χ2v) is 12.7. The first-order chi connectivity index (χ1) is 8.72. The van der Waals surface area contributed by atoms with Gasteiger partial charge in [0.2, 0.25) is 8.32 Å². The topological polar surface area (TPSA) is 9.23 Å². The Bertz CT molecular complexity index is 474. The van der Waals surface area contributed by atoms with E-state index in [0.717, 1.165) is 5.75 Å². The molecule has 1 aromatic carbocycles. The van der Waals surface area contributed by atoms with E-state index in [1.807, 2.05) is 0 Å². The van der Waals surface area contributed by atoms with Crippen LogP contribution in [0.2, 0.25) is 18.1 Å². The summed E-state index contributed by atoms with van der Waals surface area (Å²) in [4.78, 5) is 0. The van der Waals surface area contributed by atoms with Crippen LogP contribution in [0.4, 0.5) is 0 Å². The molecule has 2 rings (SSSR count). The van der Waals surface area contributed by atoms with E-state index >= 15 is 0 Å². The molecule has 0 atom stereocenters. The van der Waals surface area contributed by atoms with E-state index in [4.69, 9.17) is 4.43 Å². The van der Waals surface area contributed by atoms with Crippen molar-refractivity contribution in [3.63, 3.8) is 0 Å².